The minimum Gasteiger partial charge on any atom is -0.496 e. The van der Waals surface area contributed by atoms with Crippen molar-refractivity contribution >= 4 is 27.5 Å². The SMILES string of the molecule is COc1cc(C)c(C(O)c2ccc(Br)cc2Cl)cc1C. The smallest absolute Gasteiger partial charge is 0.122 e. The summed E-state index contributed by atoms with van der Waals surface area (Å²) >= 11 is 9.57. The second-order valence-corrected chi connectivity index (χ2v) is 6.07. The zero-order chi connectivity index (χ0) is 14.9. The average Bonchev–Trinajstić information content (AvgIpc) is 2.40. The molecule has 2 aromatic rings. The summed E-state index contributed by atoms with van der Waals surface area (Å²) in [7, 11) is 1.64. The molecule has 2 nitrogen and oxygen atoms in total. The minimum atomic E-state index is -0.750. The van der Waals surface area contributed by atoms with Crippen molar-refractivity contribution in [1.82, 2.24) is 0 Å². The minimum absolute atomic E-state index is 0.541. The largest absolute Gasteiger partial charge is 0.496 e. The summed E-state index contributed by atoms with van der Waals surface area (Å²) in [5.74, 6) is 0.820. The van der Waals surface area contributed by atoms with Gasteiger partial charge in [0, 0.05) is 15.1 Å². The van der Waals surface area contributed by atoms with Crippen LogP contribution in [0.25, 0.3) is 0 Å². The van der Waals surface area contributed by atoms with Crippen LogP contribution in [0, 0.1) is 13.8 Å². The van der Waals surface area contributed by atoms with E-state index < -0.39 is 6.10 Å². The second-order valence-electron chi connectivity index (χ2n) is 4.75. The van der Waals surface area contributed by atoms with Crippen LogP contribution in [0.5, 0.6) is 5.75 Å². The fourth-order valence-corrected chi connectivity index (χ4v) is 2.99. The first-order valence-corrected chi connectivity index (χ1v) is 7.39. The molecule has 1 atom stereocenters. The van der Waals surface area contributed by atoms with E-state index in [0.29, 0.717) is 10.6 Å². The van der Waals surface area contributed by atoms with Crippen molar-refractivity contribution in [2.45, 2.75) is 20.0 Å². The monoisotopic (exact) mass is 354 g/mol. The molecule has 0 aromatic heterocycles. The van der Waals surface area contributed by atoms with Crippen molar-refractivity contribution in [2.75, 3.05) is 7.11 Å². The van der Waals surface area contributed by atoms with Crippen LogP contribution in [-0.4, -0.2) is 12.2 Å². The molecule has 0 fully saturated rings. The Morgan fingerprint density at radius 1 is 1.10 bits per heavy atom. The third-order valence-electron chi connectivity index (χ3n) is 3.34. The van der Waals surface area contributed by atoms with Gasteiger partial charge in [0.15, 0.2) is 0 Å². The van der Waals surface area contributed by atoms with Crippen molar-refractivity contribution in [3.8, 4) is 5.75 Å². The van der Waals surface area contributed by atoms with E-state index in [1.807, 2.05) is 38.1 Å². The highest BCUT2D eigenvalue weighted by molar-refractivity contribution is 9.10. The van der Waals surface area contributed by atoms with Crippen molar-refractivity contribution < 1.29 is 9.84 Å². The van der Waals surface area contributed by atoms with E-state index in [9.17, 15) is 5.11 Å². The van der Waals surface area contributed by atoms with Crippen LogP contribution in [0.15, 0.2) is 34.8 Å². The number of hydrogen-bond acceptors (Lipinski definition) is 2. The van der Waals surface area contributed by atoms with Crippen LogP contribution in [0.1, 0.15) is 28.4 Å². The highest BCUT2D eigenvalue weighted by Crippen LogP contribution is 2.34. The van der Waals surface area contributed by atoms with Crippen molar-refractivity contribution in [3.05, 3.63) is 62.1 Å². The molecule has 0 radical (unpaired) electrons. The number of aliphatic hydroxyl groups is 1. The molecule has 0 saturated heterocycles. The topological polar surface area (TPSA) is 29.5 Å². The van der Waals surface area contributed by atoms with Crippen molar-refractivity contribution in [1.29, 1.82) is 0 Å². The molecule has 0 aliphatic carbocycles. The molecule has 0 spiro atoms. The molecule has 0 aliphatic heterocycles. The summed E-state index contributed by atoms with van der Waals surface area (Å²) < 4.78 is 6.18. The molecule has 1 unspecified atom stereocenters. The zero-order valence-electron chi connectivity index (χ0n) is 11.6. The average molecular weight is 356 g/mol. The maximum Gasteiger partial charge on any atom is 0.122 e. The van der Waals surface area contributed by atoms with Crippen LogP contribution in [0.2, 0.25) is 5.02 Å². The second kappa shape index (κ2) is 6.17. The summed E-state index contributed by atoms with van der Waals surface area (Å²) in [6.45, 7) is 3.91. The normalized spacial score (nSPS) is 12.3. The number of methoxy groups -OCH3 is 1. The fourth-order valence-electron chi connectivity index (χ4n) is 2.22. The first-order valence-electron chi connectivity index (χ1n) is 6.22. The lowest BCUT2D eigenvalue weighted by molar-refractivity contribution is 0.219. The summed E-state index contributed by atoms with van der Waals surface area (Å²) in [4.78, 5) is 0. The molecule has 4 heteroatoms. The molecule has 0 heterocycles. The predicted octanol–water partition coefficient (Wildman–Crippen LogP) is 4.81. The van der Waals surface area contributed by atoms with Gasteiger partial charge in [0.25, 0.3) is 0 Å². The van der Waals surface area contributed by atoms with Gasteiger partial charge in [-0.15, -0.1) is 0 Å². The van der Waals surface area contributed by atoms with E-state index in [-0.39, 0.29) is 0 Å². The van der Waals surface area contributed by atoms with Gasteiger partial charge >= 0.3 is 0 Å². The third kappa shape index (κ3) is 3.00. The third-order valence-corrected chi connectivity index (χ3v) is 4.16. The van der Waals surface area contributed by atoms with Crippen LogP contribution < -0.4 is 4.74 Å². The van der Waals surface area contributed by atoms with Gasteiger partial charge in [-0.3, -0.25) is 0 Å². The molecular weight excluding hydrogens is 340 g/mol. The quantitative estimate of drug-likeness (QED) is 0.856. The lowest BCUT2D eigenvalue weighted by Crippen LogP contribution is -2.04. The predicted molar refractivity (Wildman–Crippen MR) is 85.7 cm³/mol. The Labute approximate surface area is 132 Å². The molecule has 0 saturated carbocycles. The van der Waals surface area contributed by atoms with E-state index in [4.69, 9.17) is 16.3 Å². The molecule has 1 N–H and O–H groups in total. The molecule has 20 heavy (non-hydrogen) atoms. The molecule has 0 amide bonds. The highest BCUT2D eigenvalue weighted by Gasteiger charge is 2.17. The highest BCUT2D eigenvalue weighted by atomic mass is 79.9. The lowest BCUT2D eigenvalue weighted by Gasteiger charge is -2.18. The van der Waals surface area contributed by atoms with Gasteiger partial charge in [-0.05, 0) is 54.8 Å². The summed E-state index contributed by atoms with van der Waals surface area (Å²) in [5.41, 5.74) is 3.49. The number of ether oxygens (including phenoxy) is 1. The first kappa shape index (κ1) is 15.4. The number of rotatable bonds is 3. The summed E-state index contributed by atoms with van der Waals surface area (Å²) in [6, 6.07) is 9.36. The Morgan fingerprint density at radius 3 is 2.40 bits per heavy atom. The van der Waals surface area contributed by atoms with Crippen LogP contribution in [0.4, 0.5) is 0 Å². The number of hydrogen-bond donors (Lipinski definition) is 1. The Balaban J connectivity index is 2.48. The molecule has 106 valence electrons. The Kier molecular flexibility index (Phi) is 4.74. The Morgan fingerprint density at radius 2 is 1.80 bits per heavy atom. The van der Waals surface area contributed by atoms with Crippen molar-refractivity contribution in [2.24, 2.45) is 0 Å². The first-order chi connectivity index (χ1) is 9.43. The zero-order valence-corrected chi connectivity index (χ0v) is 13.9. The van der Waals surface area contributed by atoms with Crippen LogP contribution >= 0.6 is 27.5 Å². The van der Waals surface area contributed by atoms with E-state index in [0.717, 1.165) is 26.9 Å². The number of aliphatic hydroxyl groups excluding tert-OH is 1. The fraction of sp³-hybridized carbons (Fsp3) is 0.250. The van der Waals surface area contributed by atoms with Gasteiger partial charge in [-0.2, -0.15) is 0 Å². The van der Waals surface area contributed by atoms with Gasteiger partial charge < -0.3 is 9.84 Å². The van der Waals surface area contributed by atoms with Gasteiger partial charge in [0.05, 0.1) is 7.11 Å². The van der Waals surface area contributed by atoms with E-state index >= 15 is 0 Å². The number of halogens is 2. The number of aryl methyl sites for hydroxylation is 2. The maximum absolute atomic E-state index is 10.6. The molecule has 2 aromatic carbocycles. The van der Waals surface area contributed by atoms with Crippen molar-refractivity contribution in [3.63, 3.8) is 0 Å². The van der Waals surface area contributed by atoms with E-state index in [1.54, 1.807) is 13.2 Å². The number of benzene rings is 2. The van der Waals surface area contributed by atoms with Crippen LogP contribution in [-0.2, 0) is 0 Å². The van der Waals surface area contributed by atoms with Gasteiger partial charge in [-0.25, -0.2) is 0 Å². The van der Waals surface area contributed by atoms with Crippen LogP contribution in [0.3, 0.4) is 0 Å². The maximum atomic E-state index is 10.6. The molecular formula is C16H16BrClO2. The molecule has 0 aliphatic rings. The lowest BCUT2D eigenvalue weighted by atomic mass is 9.95. The Bertz CT molecular complexity index is 641. The van der Waals surface area contributed by atoms with Gasteiger partial charge in [0.2, 0.25) is 0 Å². The summed E-state index contributed by atoms with van der Waals surface area (Å²) in [5, 5.41) is 11.1. The van der Waals surface area contributed by atoms with E-state index in [1.165, 1.54) is 0 Å². The molecule has 2 rings (SSSR count). The molecule has 0 bridgehead atoms. The van der Waals surface area contributed by atoms with E-state index in [2.05, 4.69) is 15.9 Å². The Hall–Kier alpha value is -1.03. The summed E-state index contributed by atoms with van der Waals surface area (Å²) in [6.07, 6.45) is -0.750. The van der Waals surface area contributed by atoms with Gasteiger partial charge in [0.1, 0.15) is 11.9 Å². The standard InChI is InChI=1S/C16H16BrClO2/c1-9-7-15(20-3)10(2)6-13(9)16(19)12-5-4-11(17)8-14(12)18/h4-8,16,19H,1-3H3. The van der Waals surface area contributed by atoms with Gasteiger partial charge in [-0.1, -0.05) is 33.6 Å².